The number of imidazole rings is 1. The summed E-state index contributed by atoms with van der Waals surface area (Å²) < 4.78 is 53.3. The zero-order chi connectivity index (χ0) is 22.2. The number of fused-ring (bicyclic) bond motifs is 3. The van der Waals surface area contributed by atoms with Crippen molar-refractivity contribution in [3.8, 4) is 5.75 Å². The van der Waals surface area contributed by atoms with E-state index in [4.69, 9.17) is 9.47 Å². The number of rotatable bonds is 6. The Labute approximate surface area is 190 Å². The summed E-state index contributed by atoms with van der Waals surface area (Å²) in [7, 11) is 0. The van der Waals surface area contributed by atoms with Crippen molar-refractivity contribution in [1.82, 2.24) is 9.38 Å². The number of ether oxygens (including phenoxy) is 2. The Balaban J connectivity index is 1.58. The van der Waals surface area contributed by atoms with E-state index < -0.39 is 12.4 Å². The average Bonchev–Trinajstić information content (AvgIpc) is 3.31. The fourth-order valence-electron chi connectivity index (χ4n) is 4.26. The van der Waals surface area contributed by atoms with Crippen LogP contribution in [0.25, 0.3) is 5.65 Å². The summed E-state index contributed by atoms with van der Waals surface area (Å²) in [4.78, 5) is 4.64. The van der Waals surface area contributed by atoms with Crippen LogP contribution in [0.1, 0.15) is 41.0 Å². The molecule has 2 heterocycles. The lowest BCUT2D eigenvalue weighted by Gasteiger charge is -2.18. The standard InChI is InChI=1S/C24H18BrF3N2O2/c25-17-12-30-21(11-18(17)26)29-22-20(31-13-14-6-2-1-3-7-14)10-16(23(22)30)15-8-4-5-9-19(15)32-24(27)28/h1-9,11-12,16,20,24H,10,13H2/t16-,20?/m1/s1. The fourth-order valence-corrected chi connectivity index (χ4v) is 4.58. The number of halogens is 4. The zero-order valence-electron chi connectivity index (χ0n) is 16.7. The first-order valence-electron chi connectivity index (χ1n) is 10.1. The lowest BCUT2D eigenvalue weighted by Crippen LogP contribution is -2.09. The molecule has 0 bridgehead atoms. The molecule has 2 aromatic heterocycles. The molecular formula is C24H18BrF3N2O2. The van der Waals surface area contributed by atoms with Gasteiger partial charge in [0.05, 0.1) is 22.5 Å². The second-order valence-corrected chi connectivity index (χ2v) is 8.42. The van der Waals surface area contributed by atoms with Crippen LogP contribution in [0.15, 0.2) is 71.3 Å². The predicted octanol–water partition coefficient (Wildman–Crippen LogP) is 6.63. The topological polar surface area (TPSA) is 35.8 Å². The molecule has 4 aromatic rings. The van der Waals surface area contributed by atoms with Crippen LogP contribution in [-0.4, -0.2) is 16.0 Å². The minimum absolute atomic E-state index is 0.110. The van der Waals surface area contributed by atoms with Crippen LogP contribution >= 0.6 is 15.9 Å². The van der Waals surface area contributed by atoms with Crippen LogP contribution in [0.3, 0.4) is 0 Å². The molecule has 0 saturated heterocycles. The number of alkyl halides is 2. The van der Waals surface area contributed by atoms with Crippen LogP contribution in [0.2, 0.25) is 0 Å². The molecule has 4 nitrogen and oxygen atoms in total. The van der Waals surface area contributed by atoms with Crippen LogP contribution in [0.5, 0.6) is 5.75 Å². The Hall–Kier alpha value is -2.84. The number of hydrogen-bond acceptors (Lipinski definition) is 3. The molecule has 0 N–H and O–H groups in total. The summed E-state index contributed by atoms with van der Waals surface area (Å²) in [6, 6.07) is 17.8. The highest BCUT2D eigenvalue weighted by Gasteiger charge is 2.39. The Morgan fingerprint density at radius 3 is 2.62 bits per heavy atom. The summed E-state index contributed by atoms with van der Waals surface area (Å²) in [5.41, 5.74) is 3.51. The molecule has 32 heavy (non-hydrogen) atoms. The van der Waals surface area contributed by atoms with Gasteiger partial charge in [-0.15, -0.1) is 0 Å². The minimum atomic E-state index is -2.94. The van der Waals surface area contributed by atoms with Crippen molar-refractivity contribution >= 4 is 21.6 Å². The molecule has 1 aliphatic rings. The first-order chi connectivity index (χ1) is 15.5. The van der Waals surface area contributed by atoms with Crippen molar-refractivity contribution in [3.63, 3.8) is 0 Å². The third-order valence-corrected chi connectivity index (χ3v) is 6.20. The molecule has 0 radical (unpaired) electrons. The molecule has 0 spiro atoms. The highest BCUT2D eigenvalue weighted by Crippen LogP contribution is 2.48. The van der Waals surface area contributed by atoms with Gasteiger partial charge in [0.25, 0.3) is 0 Å². The summed E-state index contributed by atoms with van der Waals surface area (Å²) in [5.74, 6) is -0.632. The first kappa shape index (κ1) is 21.0. The van der Waals surface area contributed by atoms with Crippen molar-refractivity contribution in [2.45, 2.75) is 31.7 Å². The number of pyridine rings is 1. The van der Waals surface area contributed by atoms with Crippen molar-refractivity contribution in [1.29, 1.82) is 0 Å². The van der Waals surface area contributed by atoms with E-state index in [0.717, 1.165) is 11.3 Å². The third-order valence-electron chi connectivity index (χ3n) is 5.62. The predicted molar refractivity (Wildman–Crippen MR) is 116 cm³/mol. The Bertz CT molecular complexity index is 1260. The van der Waals surface area contributed by atoms with Crippen molar-refractivity contribution in [2.75, 3.05) is 0 Å². The molecular weight excluding hydrogens is 485 g/mol. The molecule has 1 aliphatic carbocycles. The maximum Gasteiger partial charge on any atom is 0.387 e. The minimum Gasteiger partial charge on any atom is -0.435 e. The van der Waals surface area contributed by atoms with Crippen molar-refractivity contribution < 1.29 is 22.6 Å². The highest BCUT2D eigenvalue weighted by molar-refractivity contribution is 9.10. The monoisotopic (exact) mass is 502 g/mol. The van der Waals surface area contributed by atoms with Gasteiger partial charge in [-0.05, 0) is 34.0 Å². The van der Waals surface area contributed by atoms with Gasteiger partial charge >= 0.3 is 6.61 Å². The zero-order valence-corrected chi connectivity index (χ0v) is 18.3. The molecule has 0 saturated carbocycles. The van der Waals surface area contributed by atoms with E-state index in [9.17, 15) is 13.2 Å². The van der Waals surface area contributed by atoms with E-state index >= 15 is 0 Å². The van der Waals surface area contributed by atoms with E-state index in [-0.39, 0.29) is 22.2 Å². The second-order valence-electron chi connectivity index (χ2n) is 7.57. The van der Waals surface area contributed by atoms with Crippen LogP contribution in [0, 0.1) is 5.82 Å². The summed E-state index contributed by atoms with van der Waals surface area (Å²) >= 11 is 3.23. The molecule has 0 fully saturated rings. The molecule has 1 unspecified atom stereocenters. The Morgan fingerprint density at radius 1 is 1.09 bits per heavy atom. The molecule has 2 atom stereocenters. The van der Waals surface area contributed by atoms with Gasteiger partial charge in [-0.3, -0.25) is 0 Å². The summed E-state index contributed by atoms with van der Waals surface area (Å²) in [5, 5.41) is 0. The van der Waals surface area contributed by atoms with E-state index in [1.165, 1.54) is 12.1 Å². The molecule has 5 rings (SSSR count). The van der Waals surface area contributed by atoms with Crippen molar-refractivity contribution in [3.05, 3.63) is 99.7 Å². The lowest BCUT2D eigenvalue weighted by atomic mass is 9.95. The lowest BCUT2D eigenvalue weighted by molar-refractivity contribution is -0.0506. The Kier molecular flexibility index (Phi) is 5.65. The molecule has 0 aliphatic heterocycles. The van der Waals surface area contributed by atoms with Gasteiger partial charge in [-0.25, -0.2) is 9.37 Å². The third kappa shape index (κ3) is 3.89. The average molecular weight is 503 g/mol. The number of hydrogen-bond donors (Lipinski definition) is 0. The van der Waals surface area contributed by atoms with Gasteiger partial charge in [0, 0.05) is 23.7 Å². The van der Waals surface area contributed by atoms with E-state index in [1.54, 1.807) is 28.8 Å². The quantitative estimate of drug-likeness (QED) is 0.296. The fraction of sp³-hybridized carbons (Fsp3) is 0.208. The van der Waals surface area contributed by atoms with Crippen LogP contribution in [0.4, 0.5) is 13.2 Å². The van der Waals surface area contributed by atoms with Gasteiger partial charge in [0.1, 0.15) is 23.3 Å². The second kappa shape index (κ2) is 8.60. The first-order valence-corrected chi connectivity index (χ1v) is 10.9. The van der Waals surface area contributed by atoms with Gasteiger partial charge in [-0.2, -0.15) is 8.78 Å². The largest absolute Gasteiger partial charge is 0.435 e. The van der Waals surface area contributed by atoms with Gasteiger partial charge in [0.2, 0.25) is 0 Å². The molecule has 0 amide bonds. The van der Waals surface area contributed by atoms with Gasteiger partial charge in [0.15, 0.2) is 0 Å². The number of aromatic nitrogens is 2. The SMILES string of the molecule is Fc1cc2nc3c(n2cc1Br)[C@@H](c1ccccc1OC(F)F)CC3OCc1ccccc1. The summed E-state index contributed by atoms with van der Waals surface area (Å²) in [6.45, 7) is -2.56. The van der Waals surface area contributed by atoms with Crippen LogP contribution < -0.4 is 4.74 Å². The van der Waals surface area contributed by atoms with E-state index in [0.29, 0.717) is 29.9 Å². The number of nitrogens with zero attached hydrogens (tertiary/aromatic N) is 2. The highest BCUT2D eigenvalue weighted by atomic mass is 79.9. The number of benzene rings is 2. The van der Waals surface area contributed by atoms with Gasteiger partial charge in [-0.1, -0.05) is 48.5 Å². The summed E-state index contributed by atoms with van der Waals surface area (Å²) in [6.07, 6.45) is 1.74. The van der Waals surface area contributed by atoms with E-state index in [2.05, 4.69) is 20.9 Å². The molecule has 8 heteroatoms. The molecule has 2 aromatic carbocycles. The van der Waals surface area contributed by atoms with Crippen LogP contribution in [-0.2, 0) is 11.3 Å². The normalized spacial score (nSPS) is 17.8. The van der Waals surface area contributed by atoms with E-state index in [1.807, 2.05) is 30.3 Å². The smallest absolute Gasteiger partial charge is 0.387 e. The van der Waals surface area contributed by atoms with Crippen molar-refractivity contribution in [2.24, 2.45) is 0 Å². The molecule has 164 valence electrons. The maximum atomic E-state index is 14.2. The Morgan fingerprint density at radius 2 is 1.84 bits per heavy atom. The number of para-hydroxylation sites is 1. The maximum absolute atomic E-state index is 14.2. The van der Waals surface area contributed by atoms with Gasteiger partial charge < -0.3 is 13.9 Å².